The number of aromatic nitrogens is 2. The van der Waals surface area contributed by atoms with Gasteiger partial charge in [-0.05, 0) is 11.1 Å². The van der Waals surface area contributed by atoms with Crippen molar-refractivity contribution in [1.82, 2.24) is 9.55 Å². The summed E-state index contributed by atoms with van der Waals surface area (Å²) in [7, 11) is 0. The molecule has 9 heteroatoms. The van der Waals surface area contributed by atoms with Crippen LogP contribution in [0.25, 0.3) is 6.08 Å². The van der Waals surface area contributed by atoms with Crippen LogP contribution in [0, 0.1) is 5.92 Å². The molecule has 2 unspecified atom stereocenters. The number of halogens is 1. The highest BCUT2D eigenvalue weighted by molar-refractivity contribution is 9.11. The summed E-state index contributed by atoms with van der Waals surface area (Å²) in [4.78, 5) is 27.0. The monoisotopic (exact) mass is 363 g/mol. The van der Waals surface area contributed by atoms with Gasteiger partial charge in [0, 0.05) is 12.1 Å². The summed E-state index contributed by atoms with van der Waals surface area (Å²) < 4.78 is 13.6. The molecule has 1 aromatic rings. The summed E-state index contributed by atoms with van der Waals surface area (Å²) in [6, 6.07) is 0. The van der Waals surface area contributed by atoms with Crippen molar-refractivity contribution in [1.29, 1.82) is 0 Å². The number of hydrogen-bond acceptors (Lipinski definition) is 6. The van der Waals surface area contributed by atoms with Gasteiger partial charge in [0.05, 0.1) is 26.2 Å². The van der Waals surface area contributed by atoms with Crippen LogP contribution >= 0.6 is 15.9 Å². The Morgan fingerprint density at radius 3 is 2.76 bits per heavy atom. The third-order valence-corrected chi connectivity index (χ3v) is 3.56. The highest BCUT2D eigenvalue weighted by atomic mass is 79.9. The van der Waals surface area contributed by atoms with E-state index >= 15 is 0 Å². The van der Waals surface area contributed by atoms with Crippen LogP contribution in [0.3, 0.4) is 0 Å². The minimum atomic E-state index is -1.68. The van der Waals surface area contributed by atoms with Crippen molar-refractivity contribution in [3.8, 4) is 0 Å². The quantitative estimate of drug-likeness (QED) is 0.530. The number of aliphatic hydroxyl groups is 3. The zero-order chi connectivity index (χ0) is 16.4. The molecule has 2 heterocycles. The van der Waals surface area contributed by atoms with Gasteiger partial charge in [0.2, 0.25) is 0 Å². The minimum absolute atomic E-state index is 0.141. The van der Waals surface area contributed by atoms with Crippen LogP contribution in [-0.4, -0.2) is 50.3 Å². The molecular weight excluding hydrogens is 348 g/mol. The number of ether oxygens (including phenoxy) is 1. The third kappa shape index (κ3) is 3.01. The average molecular weight is 364 g/mol. The molecule has 8 nitrogen and oxygen atoms in total. The van der Waals surface area contributed by atoms with Crippen molar-refractivity contribution in [2.45, 2.75) is 18.4 Å². The van der Waals surface area contributed by atoms with E-state index < -0.39 is 48.8 Å². The molecule has 0 radical (unpaired) electrons. The van der Waals surface area contributed by atoms with E-state index in [1.165, 1.54) is 17.3 Å². The largest absolute Gasteiger partial charge is 0.396 e. The van der Waals surface area contributed by atoms with Gasteiger partial charge < -0.3 is 20.1 Å². The Labute approximate surface area is 128 Å². The predicted molar refractivity (Wildman–Crippen MR) is 76.9 cm³/mol. The van der Waals surface area contributed by atoms with Crippen LogP contribution in [0.2, 0.25) is 0 Å². The maximum absolute atomic E-state index is 11.9. The maximum Gasteiger partial charge on any atom is 0.330 e. The second-order valence-electron chi connectivity index (χ2n) is 4.51. The molecular formula is C12H15BrN2O6. The van der Waals surface area contributed by atoms with Crippen molar-refractivity contribution in [2.24, 2.45) is 5.92 Å². The fraction of sp³-hybridized carbons (Fsp3) is 0.500. The zero-order valence-corrected chi connectivity index (χ0v) is 12.3. The SMILES string of the molecule is [2H]C(O)[C@H]1[C@H](O)C(n2cc(C=CBr)c(=O)[nH]c2=O)O[C@@H]1CO. The lowest BCUT2D eigenvalue weighted by Crippen LogP contribution is -2.37. The van der Waals surface area contributed by atoms with Gasteiger partial charge in [-0.15, -0.1) is 0 Å². The molecule has 1 aromatic heterocycles. The Morgan fingerprint density at radius 2 is 2.24 bits per heavy atom. The molecule has 0 amide bonds. The van der Waals surface area contributed by atoms with Crippen molar-refractivity contribution >= 4 is 22.0 Å². The van der Waals surface area contributed by atoms with E-state index in [0.717, 1.165) is 4.57 Å². The molecule has 21 heavy (non-hydrogen) atoms. The van der Waals surface area contributed by atoms with E-state index in [2.05, 4.69) is 20.9 Å². The lowest BCUT2D eigenvalue weighted by atomic mass is 9.99. The summed E-state index contributed by atoms with van der Waals surface area (Å²) in [6.07, 6.45) is -1.03. The molecule has 5 atom stereocenters. The highest BCUT2D eigenvalue weighted by Crippen LogP contribution is 2.32. The molecule has 0 aromatic carbocycles. The molecule has 0 aliphatic carbocycles. The zero-order valence-electron chi connectivity index (χ0n) is 11.7. The molecule has 1 aliphatic heterocycles. The number of hydrogen-bond donors (Lipinski definition) is 4. The molecule has 116 valence electrons. The summed E-state index contributed by atoms with van der Waals surface area (Å²) >= 11 is 3.02. The van der Waals surface area contributed by atoms with E-state index in [4.69, 9.17) is 6.11 Å². The first-order valence-electron chi connectivity index (χ1n) is 6.65. The van der Waals surface area contributed by atoms with Gasteiger partial charge >= 0.3 is 5.69 Å². The fourth-order valence-corrected chi connectivity index (χ4v) is 2.50. The summed E-state index contributed by atoms with van der Waals surface area (Å²) in [5.74, 6) is -1.08. The Morgan fingerprint density at radius 1 is 1.52 bits per heavy atom. The van der Waals surface area contributed by atoms with Crippen LogP contribution in [0.15, 0.2) is 20.8 Å². The van der Waals surface area contributed by atoms with Crippen molar-refractivity contribution in [3.05, 3.63) is 37.6 Å². The van der Waals surface area contributed by atoms with Gasteiger partial charge in [-0.25, -0.2) is 4.79 Å². The van der Waals surface area contributed by atoms with E-state index in [0.29, 0.717) is 0 Å². The number of nitrogens with zero attached hydrogens (tertiary/aromatic N) is 1. The summed E-state index contributed by atoms with van der Waals surface area (Å²) in [5, 5.41) is 28.8. The van der Waals surface area contributed by atoms with E-state index in [-0.39, 0.29) is 5.56 Å². The minimum Gasteiger partial charge on any atom is -0.396 e. The van der Waals surface area contributed by atoms with E-state index in [9.17, 15) is 24.9 Å². The second-order valence-corrected chi connectivity index (χ2v) is 5.04. The Hall–Kier alpha value is -1.26. The van der Waals surface area contributed by atoms with Crippen molar-refractivity contribution in [3.63, 3.8) is 0 Å². The first-order valence-corrected chi connectivity index (χ1v) is 6.99. The van der Waals surface area contributed by atoms with Crippen LogP contribution in [0.1, 0.15) is 13.2 Å². The third-order valence-electron chi connectivity index (χ3n) is 3.29. The van der Waals surface area contributed by atoms with Gasteiger partial charge in [-0.2, -0.15) is 0 Å². The lowest BCUT2D eigenvalue weighted by molar-refractivity contribution is -0.0539. The molecule has 4 N–H and O–H groups in total. The topological polar surface area (TPSA) is 125 Å². The molecule has 0 bridgehead atoms. The Balaban J connectivity index is 2.46. The summed E-state index contributed by atoms with van der Waals surface area (Å²) in [5.41, 5.74) is -1.28. The van der Waals surface area contributed by atoms with Crippen molar-refractivity contribution in [2.75, 3.05) is 13.2 Å². The maximum atomic E-state index is 11.9. The van der Waals surface area contributed by atoms with Crippen molar-refractivity contribution < 1.29 is 21.4 Å². The second kappa shape index (κ2) is 6.67. The lowest BCUT2D eigenvalue weighted by Gasteiger charge is -2.18. The van der Waals surface area contributed by atoms with E-state index in [1.54, 1.807) is 0 Å². The number of aliphatic hydroxyl groups excluding tert-OH is 3. The Bertz CT molecular complexity index is 672. The smallest absolute Gasteiger partial charge is 0.330 e. The molecule has 1 saturated heterocycles. The first-order chi connectivity index (χ1) is 10.4. The van der Waals surface area contributed by atoms with Gasteiger partial charge in [0.1, 0.15) is 6.10 Å². The molecule has 1 fully saturated rings. The molecule has 2 rings (SSSR count). The van der Waals surface area contributed by atoms with Crippen LogP contribution in [0.5, 0.6) is 0 Å². The number of H-pyrrole nitrogens is 1. The van der Waals surface area contributed by atoms with Crippen LogP contribution in [-0.2, 0) is 4.74 Å². The number of aromatic amines is 1. The van der Waals surface area contributed by atoms with Gasteiger partial charge in [0.25, 0.3) is 5.56 Å². The molecule has 0 spiro atoms. The first kappa shape index (κ1) is 14.7. The standard InChI is InChI=1S/C12H15BrN2O6/c13-2-1-6-3-15(12(20)14-10(6)19)11-9(18)7(4-16)8(5-17)21-11/h1-3,7-9,11,16-18H,4-5H2,(H,14,19,20)/t7-,8-,9+,11?/m1/s1/i4D/t4?,7-,8-,9+,11?. The molecule has 1 aliphatic rings. The fourth-order valence-electron chi connectivity index (χ4n) is 2.22. The highest BCUT2D eigenvalue weighted by Gasteiger charge is 2.44. The number of rotatable bonds is 4. The van der Waals surface area contributed by atoms with Crippen LogP contribution in [0.4, 0.5) is 0 Å². The van der Waals surface area contributed by atoms with Gasteiger partial charge in [-0.3, -0.25) is 14.3 Å². The summed E-state index contributed by atoms with van der Waals surface area (Å²) in [6.45, 7) is -2.21. The predicted octanol–water partition coefficient (Wildman–Crippen LogP) is -1.24. The van der Waals surface area contributed by atoms with Gasteiger partial charge in [0.15, 0.2) is 6.23 Å². The normalized spacial score (nSPS) is 31.5. The average Bonchev–Trinajstić information content (AvgIpc) is 2.79. The molecule has 0 saturated carbocycles. The van der Waals surface area contributed by atoms with E-state index in [1.807, 2.05) is 0 Å². The van der Waals surface area contributed by atoms with Gasteiger partial charge in [-0.1, -0.05) is 15.9 Å². The number of nitrogens with one attached hydrogen (secondary N) is 1. The Kier molecular flexibility index (Phi) is 4.66. The van der Waals surface area contributed by atoms with Crippen LogP contribution < -0.4 is 11.2 Å².